The molecule has 0 radical (unpaired) electrons. The molecule has 0 N–H and O–H groups in total. The minimum Gasteiger partial charge on any atom is -0.322 e. The van der Waals surface area contributed by atoms with Gasteiger partial charge in [0.15, 0.2) is 0 Å². The van der Waals surface area contributed by atoms with Gasteiger partial charge in [-0.1, -0.05) is 6.07 Å². The summed E-state index contributed by atoms with van der Waals surface area (Å²) in [4.78, 5) is 12.0. The van der Waals surface area contributed by atoms with Crippen molar-refractivity contribution < 1.29 is 13.2 Å². The SMILES string of the molecule is N#Cc1c(Cn2cccc(C(F)(F)F)c2=O)cn2ccccc12. The Morgan fingerprint density at radius 1 is 1.13 bits per heavy atom. The third kappa shape index (κ3) is 2.59. The first-order valence-corrected chi connectivity index (χ1v) is 6.67. The van der Waals surface area contributed by atoms with E-state index < -0.39 is 17.3 Å². The Morgan fingerprint density at radius 3 is 2.61 bits per heavy atom. The predicted molar refractivity (Wildman–Crippen MR) is 76.9 cm³/mol. The van der Waals surface area contributed by atoms with Gasteiger partial charge in [0.05, 0.1) is 17.6 Å². The lowest BCUT2D eigenvalue weighted by Gasteiger charge is -2.09. The van der Waals surface area contributed by atoms with E-state index in [1.54, 1.807) is 35.0 Å². The number of aromatic nitrogens is 2. The Labute approximate surface area is 128 Å². The molecule has 0 saturated carbocycles. The number of nitriles is 1. The van der Waals surface area contributed by atoms with Gasteiger partial charge in [0, 0.05) is 24.2 Å². The highest BCUT2D eigenvalue weighted by Crippen LogP contribution is 2.26. The molecule has 0 spiro atoms. The molecule has 7 heteroatoms. The van der Waals surface area contributed by atoms with Crippen molar-refractivity contribution in [1.82, 2.24) is 8.97 Å². The highest BCUT2D eigenvalue weighted by molar-refractivity contribution is 5.65. The van der Waals surface area contributed by atoms with E-state index in [1.165, 1.54) is 12.3 Å². The summed E-state index contributed by atoms with van der Waals surface area (Å²) in [6.07, 6.45) is -0.0557. The zero-order valence-electron chi connectivity index (χ0n) is 11.7. The molecule has 3 heterocycles. The van der Waals surface area contributed by atoms with Crippen LogP contribution in [0.3, 0.4) is 0 Å². The van der Waals surface area contributed by atoms with Crippen LogP contribution in [0.5, 0.6) is 0 Å². The first-order chi connectivity index (χ1) is 10.9. The molecule has 0 fully saturated rings. The van der Waals surface area contributed by atoms with Crippen molar-refractivity contribution in [2.45, 2.75) is 12.7 Å². The second kappa shape index (κ2) is 5.32. The summed E-state index contributed by atoms with van der Waals surface area (Å²) in [7, 11) is 0. The maximum Gasteiger partial charge on any atom is 0.421 e. The minimum atomic E-state index is -4.70. The van der Waals surface area contributed by atoms with Crippen LogP contribution in [0, 0.1) is 11.3 Å². The van der Waals surface area contributed by atoms with Crippen LogP contribution in [0.1, 0.15) is 16.7 Å². The second-order valence-electron chi connectivity index (χ2n) is 4.99. The molecule has 0 bridgehead atoms. The topological polar surface area (TPSA) is 50.2 Å². The molecular formula is C16H10F3N3O. The Hall–Kier alpha value is -3.01. The number of halogens is 3. The van der Waals surface area contributed by atoms with Gasteiger partial charge >= 0.3 is 6.18 Å². The van der Waals surface area contributed by atoms with E-state index in [0.29, 0.717) is 16.6 Å². The van der Waals surface area contributed by atoms with E-state index in [2.05, 4.69) is 0 Å². The normalized spacial score (nSPS) is 11.6. The summed E-state index contributed by atoms with van der Waals surface area (Å²) in [5, 5.41) is 9.31. The summed E-state index contributed by atoms with van der Waals surface area (Å²) in [5.74, 6) is 0. The summed E-state index contributed by atoms with van der Waals surface area (Å²) in [5.41, 5.74) is -0.874. The number of pyridine rings is 2. The Bertz CT molecular complexity index is 977. The first kappa shape index (κ1) is 14.9. The lowest BCUT2D eigenvalue weighted by atomic mass is 10.1. The third-order valence-corrected chi connectivity index (χ3v) is 3.54. The van der Waals surface area contributed by atoms with Gasteiger partial charge in [0.1, 0.15) is 11.6 Å². The van der Waals surface area contributed by atoms with Gasteiger partial charge in [-0.05, 0) is 24.3 Å². The van der Waals surface area contributed by atoms with Gasteiger partial charge in [-0.3, -0.25) is 4.79 Å². The Kier molecular flexibility index (Phi) is 3.45. The zero-order chi connectivity index (χ0) is 16.6. The molecule has 3 aromatic rings. The van der Waals surface area contributed by atoms with Crippen molar-refractivity contribution in [3.05, 3.63) is 76.0 Å². The Balaban J connectivity index is 2.11. The van der Waals surface area contributed by atoms with Crippen LogP contribution >= 0.6 is 0 Å². The molecule has 0 atom stereocenters. The summed E-state index contributed by atoms with van der Waals surface area (Å²) >= 11 is 0. The van der Waals surface area contributed by atoms with E-state index in [0.717, 1.165) is 10.6 Å². The third-order valence-electron chi connectivity index (χ3n) is 3.54. The van der Waals surface area contributed by atoms with Crippen molar-refractivity contribution >= 4 is 5.52 Å². The molecule has 0 aliphatic heterocycles. The number of alkyl halides is 3. The number of hydrogen-bond acceptors (Lipinski definition) is 2. The molecule has 3 rings (SSSR count). The maximum absolute atomic E-state index is 12.8. The van der Waals surface area contributed by atoms with Crippen LogP contribution < -0.4 is 5.56 Å². The predicted octanol–water partition coefficient (Wildman–Crippen LogP) is 3.04. The second-order valence-corrected chi connectivity index (χ2v) is 4.99. The van der Waals surface area contributed by atoms with Gasteiger partial charge in [-0.25, -0.2) is 0 Å². The fraction of sp³-hybridized carbons (Fsp3) is 0.125. The van der Waals surface area contributed by atoms with Gasteiger partial charge in [-0.15, -0.1) is 0 Å². The minimum absolute atomic E-state index is 0.104. The average molecular weight is 317 g/mol. The van der Waals surface area contributed by atoms with Crippen molar-refractivity contribution in [1.29, 1.82) is 5.26 Å². The Morgan fingerprint density at radius 2 is 1.91 bits per heavy atom. The van der Waals surface area contributed by atoms with E-state index in [9.17, 15) is 23.2 Å². The van der Waals surface area contributed by atoms with Crippen LogP contribution in [0.4, 0.5) is 13.2 Å². The van der Waals surface area contributed by atoms with Crippen LogP contribution in [0.15, 0.2) is 53.7 Å². The smallest absolute Gasteiger partial charge is 0.322 e. The lowest BCUT2D eigenvalue weighted by Crippen LogP contribution is -2.28. The monoisotopic (exact) mass is 317 g/mol. The van der Waals surface area contributed by atoms with E-state index in [4.69, 9.17) is 0 Å². The lowest BCUT2D eigenvalue weighted by molar-refractivity contribution is -0.138. The molecule has 4 nitrogen and oxygen atoms in total. The summed E-state index contributed by atoms with van der Waals surface area (Å²) in [6.45, 7) is -0.104. The zero-order valence-corrected chi connectivity index (χ0v) is 11.7. The highest BCUT2D eigenvalue weighted by atomic mass is 19.4. The van der Waals surface area contributed by atoms with Crippen LogP contribution in [-0.2, 0) is 12.7 Å². The molecule has 0 saturated heterocycles. The molecular weight excluding hydrogens is 307 g/mol. The van der Waals surface area contributed by atoms with E-state index in [1.807, 2.05) is 6.07 Å². The van der Waals surface area contributed by atoms with Crippen molar-refractivity contribution in [3.63, 3.8) is 0 Å². The average Bonchev–Trinajstić information content (AvgIpc) is 2.85. The molecule has 0 amide bonds. The summed E-state index contributed by atoms with van der Waals surface area (Å²) < 4.78 is 41.1. The van der Waals surface area contributed by atoms with Crippen LogP contribution in [0.25, 0.3) is 5.52 Å². The van der Waals surface area contributed by atoms with E-state index >= 15 is 0 Å². The molecule has 116 valence electrons. The largest absolute Gasteiger partial charge is 0.421 e. The first-order valence-electron chi connectivity index (χ1n) is 6.67. The standard InChI is InChI=1S/C16H10F3N3O/c17-16(18,19)13-4-3-7-22(15(13)23)10-11-9-21-6-2-1-5-14(21)12(11)8-20/h1-7,9H,10H2. The maximum atomic E-state index is 12.8. The van der Waals surface area contributed by atoms with Crippen molar-refractivity contribution in [3.8, 4) is 6.07 Å². The van der Waals surface area contributed by atoms with Crippen LogP contribution in [-0.4, -0.2) is 8.97 Å². The molecule has 0 aliphatic rings. The van der Waals surface area contributed by atoms with Crippen LogP contribution in [0.2, 0.25) is 0 Å². The fourth-order valence-electron chi connectivity index (χ4n) is 2.49. The quantitative estimate of drug-likeness (QED) is 0.729. The molecule has 0 aromatic carbocycles. The number of nitrogens with zero attached hydrogens (tertiary/aromatic N) is 3. The number of hydrogen-bond donors (Lipinski definition) is 0. The fourth-order valence-corrected chi connectivity index (χ4v) is 2.49. The summed E-state index contributed by atoms with van der Waals surface area (Å²) in [6, 6.07) is 9.23. The number of fused-ring (bicyclic) bond motifs is 1. The molecule has 0 aliphatic carbocycles. The van der Waals surface area contributed by atoms with Gasteiger partial charge < -0.3 is 8.97 Å². The van der Waals surface area contributed by atoms with Gasteiger partial charge in [0.25, 0.3) is 5.56 Å². The molecule has 3 aromatic heterocycles. The van der Waals surface area contributed by atoms with E-state index in [-0.39, 0.29) is 6.54 Å². The highest BCUT2D eigenvalue weighted by Gasteiger charge is 2.34. The number of rotatable bonds is 2. The van der Waals surface area contributed by atoms with Gasteiger partial charge in [0.2, 0.25) is 0 Å². The molecule has 23 heavy (non-hydrogen) atoms. The molecule has 0 unspecified atom stereocenters. The van der Waals surface area contributed by atoms with Crippen molar-refractivity contribution in [2.24, 2.45) is 0 Å². The van der Waals surface area contributed by atoms with Crippen molar-refractivity contribution in [2.75, 3.05) is 0 Å². The van der Waals surface area contributed by atoms with Gasteiger partial charge in [-0.2, -0.15) is 18.4 Å².